The van der Waals surface area contributed by atoms with Gasteiger partial charge in [-0.15, -0.1) is 0 Å². The summed E-state index contributed by atoms with van der Waals surface area (Å²) in [5.74, 6) is -0.446. The zero-order valence-corrected chi connectivity index (χ0v) is 16.0. The van der Waals surface area contributed by atoms with Crippen LogP contribution in [0.2, 0.25) is 0 Å². The number of hydrogen-bond donors (Lipinski definition) is 5. The monoisotopic (exact) mass is 373 g/mol. The molecule has 9 N–H and O–H groups in total. The van der Waals surface area contributed by atoms with Gasteiger partial charge in [-0.2, -0.15) is 0 Å². The van der Waals surface area contributed by atoms with Crippen molar-refractivity contribution >= 4 is 5.91 Å². The highest BCUT2D eigenvalue weighted by atomic mass is 16.7. The smallest absolute Gasteiger partial charge is 0.236 e. The van der Waals surface area contributed by atoms with Crippen molar-refractivity contribution in [3.8, 4) is 0 Å². The Labute approximate surface area is 155 Å². The second-order valence-electron chi connectivity index (χ2n) is 7.77. The van der Waals surface area contributed by atoms with E-state index in [1.54, 1.807) is 7.05 Å². The van der Waals surface area contributed by atoms with E-state index < -0.39 is 24.5 Å². The number of nitrogens with two attached hydrogens (primary N) is 4. The summed E-state index contributed by atoms with van der Waals surface area (Å²) < 4.78 is 12.1. The van der Waals surface area contributed by atoms with E-state index >= 15 is 0 Å². The molecule has 0 aromatic heterocycles. The molecule has 9 atom stereocenters. The molecule has 1 aliphatic heterocycles. The van der Waals surface area contributed by atoms with Gasteiger partial charge in [0.1, 0.15) is 0 Å². The lowest BCUT2D eigenvalue weighted by molar-refractivity contribution is -0.246. The Morgan fingerprint density at radius 2 is 2.00 bits per heavy atom. The van der Waals surface area contributed by atoms with Crippen molar-refractivity contribution in [2.75, 3.05) is 13.6 Å². The summed E-state index contributed by atoms with van der Waals surface area (Å²) in [7, 11) is 1.64. The Kier molecular flexibility index (Phi) is 7.37. The van der Waals surface area contributed by atoms with Crippen molar-refractivity contribution < 1.29 is 19.4 Å². The third-order valence-corrected chi connectivity index (χ3v) is 5.72. The van der Waals surface area contributed by atoms with Crippen molar-refractivity contribution in [1.82, 2.24) is 4.90 Å². The number of nitrogens with zero attached hydrogens (tertiary/aromatic N) is 1. The lowest BCUT2D eigenvalue weighted by atomic mass is 9.77. The number of carbonyl (C=O) groups excluding carboxylic acids is 1. The van der Waals surface area contributed by atoms with Crippen molar-refractivity contribution in [3.05, 3.63) is 0 Å². The predicted molar refractivity (Wildman–Crippen MR) is 97.8 cm³/mol. The molecule has 152 valence electrons. The molecular formula is C17H35N5O4. The number of rotatable bonds is 5. The van der Waals surface area contributed by atoms with Crippen LogP contribution in [-0.2, 0) is 14.3 Å². The molecule has 1 amide bonds. The SMILES string of the molecule is CC(N)[C@H]1CC[C@H](N)[C@H](O[C@H]2[C@H](C)[C@H](N(C)C(=O)CN)[C@H](O)C[C@H]2N)O1. The second kappa shape index (κ2) is 8.92. The van der Waals surface area contributed by atoms with Crippen LogP contribution in [0, 0.1) is 5.92 Å². The Balaban J connectivity index is 2.12. The molecule has 2 fully saturated rings. The van der Waals surface area contributed by atoms with Crippen LogP contribution in [0.15, 0.2) is 0 Å². The summed E-state index contributed by atoms with van der Waals surface area (Å²) >= 11 is 0. The first-order chi connectivity index (χ1) is 12.2. The van der Waals surface area contributed by atoms with Crippen molar-refractivity contribution in [2.24, 2.45) is 28.9 Å². The third kappa shape index (κ3) is 4.53. The summed E-state index contributed by atoms with van der Waals surface area (Å²) in [4.78, 5) is 13.5. The number of hydrogen-bond acceptors (Lipinski definition) is 8. The van der Waals surface area contributed by atoms with Gasteiger partial charge in [-0.05, 0) is 26.2 Å². The van der Waals surface area contributed by atoms with E-state index in [1.165, 1.54) is 4.90 Å². The first-order valence-electron chi connectivity index (χ1n) is 9.38. The summed E-state index contributed by atoms with van der Waals surface area (Å²) in [5.41, 5.74) is 23.9. The van der Waals surface area contributed by atoms with Gasteiger partial charge < -0.3 is 42.4 Å². The van der Waals surface area contributed by atoms with E-state index in [9.17, 15) is 9.90 Å². The van der Waals surface area contributed by atoms with Crippen LogP contribution in [0.25, 0.3) is 0 Å². The average molecular weight is 373 g/mol. The number of ether oxygens (including phenoxy) is 2. The molecule has 2 aliphatic rings. The highest BCUT2D eigenvalue weighted by molar-refractivity contribution is 5.78. The lowest BCUT2D eigenvalue weighted by Crippen LogP contribution is -2.63. The Morgan fingerprint density at radius 3 is 2.58 bits per heavy atom. The molecule has 9 heteroatoms. The predicted octanol–water partition coefficient (Wildman–Crippen LogP) is -1.94. The average Bonchev–Trinajstić information content (AvgIpc) is 2.58. The molecule has 9 nitrogen and oxygen atoms in total. The molecule has 0 aromatic carbocycles. The molecule has 0 aromatic rings. The summed E-state index contributed by atoms with van der Waals surface area (Å²) in [6.45, 7) is 3.69. The minimum Gasteiger partial charge on any atom is -0.391 e. The standard InChI is InChI=1S/C17H35N5O4/c1-8-15(22(3)14(24)7-18)12(23)6-11(21)16(8)26-17-10(20)4-5-13(25-17)9(2)19/h8-13,15-17,23H,4-7,18-21H2,1-3H3/t8-,9?,10+,11-,12-,13-,15+,16+,17+/m1/s1. The Bertz CT molecular complexity index is 480. The van der Waals surface area contributed by atoms with Gasteiger partial charge in [-0.3, -0.25) is 4.79 Å². The van der Waals surface area contributed by atoms with Crippen LogP contribution in [-0.4, -0.2) is 78.3 Å². The van der Waals surface area contributed by atoms with Gasteiger partial charge in [-0.1, -0.05) is 6.92 Å². The van der Waals surface area contributed by atoms with E-state index in [4.69, 9.17) is 32.4 Å². The summed E-state index contributed by atoms with van der Waals surface area (Å²) in [6, 6.07) is -1.20. The van der Waals surface area contributed by atoms with Crippen LogP contribution in [0.4, 0.5) is 0 Å². The zero-order chi connectivity index (χ0) is 19.6. The van der Waals surface area contributed by atoms with Gasteiger partial charge in [-0.25, -0.2) is 0 Å². The minimum atomic E-state index is -0.738. The van der Waals surface area contributed by atoms with Crippen molar-refractivity contribution in [1.29, 1.82) is 0 Å². The molecule has 0 spiro atoms. The fraction of sp³-hybridized carbons (Fsp3) is 0.941. The van der Waals surface area contributed by atoms with E-state index in [0.29, 0.717) is 6.42 Å². The summed E-state index contributed by atoms with van der Waals surface area (Å²) in [5, 5.41) is 10.5. The normalized spacial score (nSPS) is 42.3. The number of aliphatic hydroxyl groups is 1. The second-order valence-corrected chi connectivity index (χ2v) is 7.77. The molecule has 0 bridgehead atoms. The van der Waals surface area contributed by atoms with Crippen LogP contribution in [0.1, 0.15) is 33.1 Å². The maximum Gasteiger partial charge on any atom is 0.236 e. The van der Waals surface area contributed by atoms with Crippen molar-refractivity contribution in [2.45, 2.75) is 81.9 Å². The topological polar surface area (TPSA) is 163 Å². The first kappa shape index (κ1) is 21.5. The van der Waals surface area contributed by atoms with Crippen LogP contribution < -0.4 is 22.9 Å². The first-order valence-corrected chi connectivity index (χ1v) is 9.38. The molecule has 1 unspecified atom stereocenters. The Hall–Kier alpha value is -0.810. The van der Waals surface area contributed by atoms with E-state index in [0.717, 1.165) is 12.8 Å². The Morgan fingerprint density at radius 1 is 1.35 bits per heavy atom. The molecule has 26 heavy (non-hydrogen) atoms. The highest BCUT2D eigenvalue weighted by Crippen LogP contribution is 2.33. The minimum absolute atomic E-state index is 0.113. The van der Waals surface area contributed by atoms with E-state index in [-0.39, 0.29) is 42.6 Å². The molecule has 1 heterocycles. The number of likely N-dealkylation sites (N-methyl/N-ethyl adjacent to an activating group) is 1. The van der Waals surface area contributed by atoms with E-state index in [2.05, 4.69) is 0 Å². The fourth-order valence-electron chi connectivity index (χ4n) is 4.14. The van der Waals surface area contributed by atoms with Gasteiger partial charge in [0, 0.05) is 25.0 Å². The van der Waals surface area contributed by atoms with Crippen LogP contribution in [0.5, 0.6) is 0 Å². The molecule has 2 rings (SSSR count). The van der Waals surface area contributed by atoms with Gasteiger partial charge in [0.05, 0.1) is 36.9 Å². The molecule has 1 saturated heterocycles. The molecular weight excluding hydrogens is 338 g/mol. The van der Waals surface area contributed by atoms with E-state index in [1.807, 2.05) is 13.8 Å². The molecule has 1 saturated carbocycles. The van der Waals surface area contributed by atoms with Crippen LogP contribution in [0.3, 0.4) is 0 Å². The zero-order valence-electron chi connectivity index (χ0n) is 16.0. The maximum atomic E-state index is 12.0. The summed E-state index contributed by atoms with van der Waals surface area (Å²) in [6.07, 6.45) is 0.00526. The van der Waals surface area contributed by atoms with Crippen LogP contribution >= 0.6 is 0 Å². The fourth-order valence-corrected chi connectivity index (χ4v) is 4.14. The highest BCUT2D eigenvalue weighted by Gasteiger charge is 2.46. The van der Waals surface area contributed by atoms with Gasteiger partial charge in [0.25, 0.3) is 0 Å². The third-order valence-electron chi connectivity index (χ3n) is 5.72. The lowest BCUT2D eigenvalue weighted by Gasteiger charge is -2.48. The maximum absolute atomic E-state index is 12.0. The van der Waals surface area contributed by atoms with Gasteiger partial charge >= 0.3 is 0 Å². The molecule has 0 radical (unpaired) electrons. The molecule has 1 aliphatic carbocycles. The number of amides is 1. The van der Waals surface area contributed by atoms with Crippen molar-refractivity contribution in [3.63, 3.8) is 0 Å². The van der Waals surface area contributed by atoms with Gasteiger partial charge in [0.15, 0.2) is 6.29 Å². The number of aliphatic hydroxyl groups excluding tert-OH is 1. The largest absolute Gasteiger partial charge is 0.391 e. The number of carbonyl (C=O) groups is 1. The van der Waals surface area contributed by atoms with Gasteiger partial charge in [0.2, 0.25) is 5.91 Å². The quantitative estimate of drug-likeness (QED) is 0.372.